The highest BCUT2D eigenvalue weighted by molar-refractivity contribution is 5.42. The summed E-state index contributed by atoms with van der Waals surface area (Å²) in [4.78, 5) is 6.52. The van der Waals surface area contributed by atoms with Gasteiger partial charge in [0.25, 0.3) is 0 Å². The van der Waals surface area contributed by atoms with Gasteiger partial charge in [-0.2, -0.15) is 5.26 Å². The molecule has 90 valence electrons. The van der Waals surface area contributed by atoms with Gasteiger partial charge in [-0.3, -0.25) is 4.90 Å². The first-order chi connectivity index (χ1) is 8.38. The molecule has 0 radical (unpaired) electrons. The molecule has 1 aliphatic rings. The van der Waals surface area contributed by atoms with Crippen LogP contribution in [0, 0.1) is 11.3 Å². The molecule has 0 atom stereocenters. The van der Waals surface area contributed by atoms with E-state index in [0.717, 1.165) is 45.2 Å². The average molecular weight is 232 g/mol. The third kappa shape index (κ3) is 3.70. The van der Waals surface area contributed by atoms with E-state index in [1.54, 1.807) is 18.3 Å². The number of hydrogen-bond donors (Lipinski definition) is 1. The molecule has 1 aromatic heterocycles. The molecule has 2 rings (SSSR count). The summed E-state index contributed by atoms with van der Waals surface area (Å²) in [6.07, 6.45) is 1.65. The smallest absolute Gasteiger partial charge is 0.127 e. The van der Waals surface area contributed by atoms with Crippen molar-refractivity contribution >= 4 is 5.82 Å². The van der Waals surface area contributed by atoms with E-state index in [1.807, 2.05) is 0 Å². The van der Waals surface area contributed by atoms with Gasteiger partial charge in [0.15, 0.2) is 0 Å². The van der Waals surface area contributed by atoms with Crippen LogP contribution in [0.1, 0.15) is 5.56 Å². The van der Waals surface area contributed by atoms with Gasteiger partial charge in [-0.05, 0) is 12.1 Å². The lowest BCUT2D eigenvalue weighted by Gasteiger charge is -2.26. The van der Waals surface area contributed by atoms with E-state index >= 15 is 0 Å². The van der Waals surface area contributed by atoms with Crippen molar-refractivity contribution in [2.45, 2.75) is 0 Å². The highest BCUT2D eigenvalue weighted by Crippen LogP contribution is 2.05. The molecule has 0 amide bonds. The summed E-state index contributed by atoms with van der Waals surface area (Å²) in [5.74, 6) is 0.761. The molecular formula is C12H16N4O. The number of anilines is 1. The summed E-state index contributed by atoms with van der Waals surface area (Å²) in [5, 5.41) is 12.0. The molecule has 5 heteroatoms. The molecule has 0 saturated carbocycles. The minimum atomic E-state index is 0.633. The zero-order valence-electron chi connectivity index (χ0n) is 9.72. The molecule has 0 aliphatic carbocycles. The van der Waals surface area contributed by atoms with Crippen molar-refractivity contribution in [2.75, 3.05) is 44.7 Å². The zero-order valence-corrected chi connectivity index (χ0v) is 9.72. The first-order valence-electron chi connectivity index (χ1n) is 5.78. The van der Waals surface area contributed by atoms with Crippen LogP contribution < -0.4 is 5.32 Å². The van der Waals surface area contributed by atoms with Crippen LogP contribution in [0.5, 0.6) is 0 Å². The maximum absolute atomic E-state index is 8.76. The lowest BCUT2D eigenvalue weighted by atomic mass is 10.3. The van der Waals surface area contributed by atoms with Gasteiger partial charge in [0, 0.05) is 32.4 Å². The number of nitrogens with zero attached hydrogens (tertiary/aromatic N) is 3. The highest BCUT2D eigenvalue weighted by atomic mass is 16.5. The zero-order chi connectivity index (χ0) is 11.9. The molecule has 5 nitrogen and oxygen atoms in total. The van der Waals surface area contributed by atoms with Crippen LogP contribution in [0.25, 0.3) is 0 Å². The Hall–Kier alpha value is -1.64. The normalized spacial score (nSPS) is 16.4. The standard InChI is InChI=1S/C12H16N4O/c13-10-11-1-2-14-12(9-11)15-3-4-16-5-7-17-8-6-16/h1-2,9H,3-8H2,(H,14,15). The lowest BCUT2D eigenvalue weighted by Crippen LogP contribution is -2.39. The topological polar surface area (TPSA) is 61.2 Å². The maximum atomic E-state index is 8.76. The van der Waals surface area contributed by atoms with Crippen LogP contribution in [-0.4, -0.2) is 49.3 Å². The second kappa shape index (κ2) is 6.18. The van der Waals surface area contributed by atoms with Gasteiger partial charge in [0.2, 0.25) is 0 Å². The minimum Gasteiger partial charge on any atom is -0.379 e. The first-order valence-corrected chi connectivity index (χ1v) is 5.78. The molecule has 1 saturated heterocycles. The molecule has 1 N–H and O–H groups in total. The predicted octanol–water partition coefficient (Wildman–Crippen LogP) is 0.697. The Kier molecular flexibility index (Phi) is 4.30. The Morgan fingerprint density at radius 1 is 1.47 bits per heavy atom. The average Bonchev–Trinajstić information content (AvgIpc) is 2.40. The molecule has 17 heavy (non-hydrogen) atoms. The molecule has 1 aliphatic heterocycles. The summed E-state index contributed by atoms with van der Waals surface area (Å²) < 4.78 is 5.28. The Morgan fingerprint density at radius 3 is 3.06 bits per heavy atom. The van der Waals surface area contributed by atoms with Crippen LogP contribution >= 0.6 is 0 Å². The van der Waals surface area contributed by atoms with Gasteiger partial charge in [0.1, 0.15) is 5.82 Å². The van der Waals surface area contributed by atoms with E-state index in [-0.39, 0.29) is 0 Å². The number of aromatic nitrogens is 1. The van der Waals surface area contributed by atoms with Crippen LogP contribution in [0.15, 0.2) is 18.3 Å². The fourth-order valence-corrected chi connectivity index (χ4v) is 1.76. The van der Waals surface area contributed by atoms with Gasteiger partial charge in [-0.1, -0.05) is 0 Å². The summed E-state index contributed by atoms with van der Waals surface area (Å²) >= 11 is 0. The fraction of sp³-hybridized carbons (Fsp3) is 0.500. The largest absolute Gasteiger partial charge is 0.379 e. The van der Waals surface area contributed by atoms with E-state index in [9.17, 15) is 0 Å². The number of hydrogen-bond acceptors (Lipinski definition) is 5. The van der Waals surface area contributed by atoms with E-state index in [1.165, 1.54) is 0 Å². The van der Waals surface area contributed by atoms with Crippen LogP contribution in [0.2, 0.25) is 0 Å². The first kappa shape index (κ1) is 11.8. The maximum Gasteiger partial charge on any atom is 0.127 e. The Balaban J connectivity index is 1.75. The van der Waals surface area contributed by atoms with Crippen molar-refractivity contribution in [1.29, 1.82) is 5.26 Å². The number of rotatable bonds is 4. The summed E-state index contributed by atoms with van der Waals surface area (Å²) in [7, 11) is 0. The quantitative estimate of drug-likeness (QED) is 0.828. The van der Waals surface area contributed by atoms with Crippen molar-refractivity contribution in [3.8, 4) is 6.07 Å². The molecule has 0 bridgehead atoms. The number of nitriles is 1. The van der Waals surface area contributed by atoms with E-state index in [0.29, 0.717) is 5.56 Å². The third-order valence-electron chi connectivity index (χ3n) is 2.73. The van der Waals surface area contributed by atoms with E-state index < -0.39 is 0 Å². The highest BCUT2D eigenvalue weighted by Gasteiger charge is 2.09. The second-order valence-electron chi connectivity index (χ2n) is 3.92. The SMILES string of the molecule is N#Cc1ccnc(NCCN2CCOCC2)c1. The molecule has 0 unspecified atom stereocenters. The fourth-order valence-electron chi connectivity index (χ4n) is 1.76. The van der Waals surface area contributed by atoms with Crippen molar-refractivity contribution in [3.63, 3.8) is 0 Å². The Bertz CT molecular complexity index is 396. The number of morpholine rings is 1. The molecule has 1 aromatic rings. The second-order valence-corrected chi connectivity index (χ2v) is 3.92. The van der Waals surface area contributed by atoms with Crippen molar-refractivity contribution in [3.05, 3.63) is 23.9 Å². The van der Waals surface area contributed by atoms with Gasteiger partial charge in [-0.15, -0.1) is 0 Å². The van der Waals surface area contributed by atoms with Gasteiger partial charge < -0.3 is 10.1 Å². The van der Waals surface area contributed by atoms with Gasteiger partial charge in [-0.25, -0.2) is 4.98 Å². The number of pyridine rings is 1. The van der Waals surface area contributed by atoms with Crippen LogP contribution in [-0.2, 0) is 4.74 Å². The predicted molar refractivity (Wildman–Crippen MR) is 64.7 cm³/mol. The van der Waals surface area contributed by atoms with Crippen molar-refractivity contribution < 1.29 is 4.74 Å². The third-order valence-corrected chi connectivity index (χ3v) is 2.73. The Morgan fingerprint density at radius 2 is 2.29 bits per heavy atom. The molecule has 2 heterocycles. The molecule has 1 fully saturated rings. The number of nitrogens with one attached hydrogen (secondary N) is 1. The van der Waals surface area contributed by atoms with Gasteiger partial charge in [0.05, 0.1) is 24.8 Å². The number of ether oxygens (including phenoxy) is 1. The van der Waals surface area contributed by atoms with Crippen molar-refractivity contribution in [1.82, 2.24) is 9.88 Å². The minimum absolute atomic E-state index is 0.633. The van der Waals surface area contributed by atoms with E-state index in [4.69, 9.17) is 10.00 Å². The van der Waals surface area contributed by atoms with Crippen LogP contribution in [0.3, 0.4) is 0 Å². The Labute approximate surface area is 101 Å². The monoisotopic (exact) mass is 232 g/mol. The summed E-state index contributed by atoms with van der Waals surface area (Å²) in [6.45, 7) is 5.44. The lowest BCUT2D eigenvalue weighted by molar-refractivity contribution is 0.0398. The van der Waals surface area contributed by atoms with Crippen LogP contribution in [0.4, 0.5) is 5.82 Å². The summed E-state index contributed by atoms with van der Waals surface area (Å²) in [5.41, 5.74) is 0.633. The van der Waals surface area contributed by atoms with E-state index in [2.05, 4.69) is 21.3 Å². The summed E-state index contributed by atoms with van der Waals surface area (Å²) in [6, 6.07) is 5.56. The molecular weight excluding hydrogens is 216 g/mol. The molecule has 0 aromatic carbocycles. The van der Waals surface area contributed by atoms with Gasteiger partial charge >= 0.3 is 0 Å². The van der Waals surface area contributed by atoms with Crippen molar-refractivity contribution in [2.24, 2.45) is 0 Å². The molecule has 0 spiro atoms.